The zero-order valence-corrected chi connectivity index (χ0v) is 12.1. The zero-order chi connectivity index (χ0) is 14.8. The predicted molar refractivity (Wildman–Crippen MR) is 79.4 cm³/mol. The lowest BCUT2D eigenvalue weighted by molar-refractivity contribution is 0.0696. The molecule has 5 nitrogen and oxygen atoms in total. The molecule has 0 saturated carbocycles. The van der Waals surface area contributed by atoms with Gasteiger partial charge in [0, 0.05) is 29.4 Å². The van der Waals surface area contributed by atoms with Crippen LogP contribution in [0.3, 0.4) is 0 Å². The highest BCUT2D eigenvalue weighted by Gasteiger charge is 2.14. The fourth-order valence-corrected chi connectivity index (χ4v) is 2.88. The van der Waals surface area contributed by atoms with Gasteiger partial charge in [-0.3, -0.25) is 4.98 Å². The van der Waals surface area contributed by atoms with Gasteiger partial charge in [0.2, 0.25) is 0 Å². The second kappa shape index (κ2) is 5.49. The number of furan rings is 1. The van der Waals surface area contributed by atoms with E-state index < -0.39 is 5.97 Å². The van der Waals surface area contributed by atoms with Gasteiger partial charge in [-0.2, -0.15) is 0 Å². The molecule has 3 rings (SSSR count). The van der Waals surface area contributed by atoms with E-state index in [0.717, 1.165) is 22.6 Å². The Morgan fingerprint density at radius 2 is 2.33 bits per heavy atom. The first-order valence-electron chi connectivity index (χ1n) is 6.40. The maximum absolute atomic E-state index is 10.9. The van der Waals surface area contributed by atoms with Gasteiger partial charge in [-0.25, -0.2) is 9.78 Å². The summed E-state index contributed by atoms with van der Waals surface area (Å²) in [5, 5.41) is 11.6. The standard InChI is InChI=1S/C15H12N2O3S/c1-2-9-6-16-4-3-11(9)14-17-12(8-21-14)13-5-10(7-20-13)15(18)19/h3-8H,2H2,1H3,(H,18,19). The monoisotopic (exact) mass is 300 g/mol. The molecule has 3 aromatic heterocycles. The van der Waals surface area contributed by atoms with Crippen molar-refractivity contribution >= 4 is 17.3 Å². The molecule has 3 heterocycles. The summed E-state index contributed by atoms with van der Waals surface area (Å²) >= 11 is 1.50. The van der Waals surface area contributed by atoms with Gasteiger partial charge in [0.25, 0.3) is 0 Å². The van der Waals surface area contributed by atoms with Gasteiger partial charge in [0.05, 0.1) is 5.56 Å². The lowest BCUT2D eigenvalue weighted by atomic mass is 10.1. The molecular weight excluding hydrogens is 288 g/mol. The number of thiazole rings is 1. The van der Waals surface area contributed by atoms with Crippen LogP contribution in [0.5, 0.6) is 0 Å². The van der Waals surface area contributed by atoms with Gasteiger partial charge in [0.15, 0.2) is 5.76 Å². The minimum absolute atomic E-state index is 0.123. The third-order valence-corrected chi connectivity index (χ3v) is 3.99. The van der Waals surface area contributed by atoms with Gasteiger partial charge < -0.3 is 9.52 Å². The highest BCUT2D eigenvalue weighted by molar-refractivity contribution is 7.13. The molecule has 3 aromatic rings. The lowest BCUT2D eigenvalue weighted by Gasteiger charge is -2.02. The Labute approximate surface area is 124 Å². The molecule has 0 atom stereocenters. The second-order valence-electron chi connectivity index (χ2n) is 4.43. The minimum atomic E-state index is -1.01. The summed E-state index contributed by atoms with van der Waals surface area (Å²) in [7, 11) is 0. The Hall–Kier alpha value is -2.47. The van der Waals surface area contributed by atoms with E-state index in [4.69, 9.17) is 9.52 Å². The summed E-state index contributed by atoms with van der Waals surface area (Å²) < 4.78 is 5.27. The molecule has 6 heteroatoms. The summed E-state index contributed by atoms with van der Waals surface area (Å²) in [5.74, 6) is -0.551. The van der Waals surface area contributed by atoms with Crippen LogP contribution < -0.4 is 0 Å². The number of rotatable bonds is 4. The van der Waals surface area contributed by atoms with Crippen molar-refractivity contribution in [1.29, 1.82) is 0 Å². The van der Waals surface area contributed by atoms with Crippen LogP contribution >= 0.6 is 11.3 Å². The quantitative estimate of drug-likeness (QED) is 0.794. The smallest absolute Gasteiger partial charge is 0.338 e. The van der Waals surface area contributed by atoms with Crippen molar-refractivity contribution in [3.8, 4) is 22.0 Å². The maximum atomic E-state index is 10.9. The van der Waals surface area contributed by atoms with Crippen LogP contribution in [0.4, 0.5) is 0 Å². The number of aromatic nitrogens is 2. The summed E-state index contributed by atoms with van der Waals surface area (Å²) in [4.78, 5) is 19.5. The van der Waals surface area contributed by atoms with E-state index in [1.165, 1.54) is 23.7 Å². The van der Waals surface area contributed by atoms with Gasteiger partial charge in [-0.05, 0) is 18.1 Å². The Morgan fingerprint density at radius 1 is 1.48 bits per heavy atom. The van der Waals surface area contributed by atoms with E-state index in [2.05, 4.69) is 16.9 Å². The molecule has 0 aliphatic rings. The molecule has 0 radical (unpaired) electrons. The highest BCUT2D eigenvalue weighted by Crippen LogP contribution is 2.31. The number of nitrogens with zero attached hydrogens (tertiary/aromatic N) is 2. The Bertz CT molecular complexity index is 792. The van der Waals surface area contributed by atoms with E-state index in [0.29, 0.717) is 11.5 Å². The third kappa shape index (κ3) is 2.57. The number of hydrogen-bond acceptors (Lipinski definition) is 5. The zero-order valence-electron chi connectivity index (χ0n) is 11.2. The van der Waals surface area contributed by atoms with Crippen LogP contribution in [-0.4, -0.2) is 21.0 Å². The number of aromatic carboxylic acids is 1. The van der Waals surface area contributed by atoms with Crippen molar-refractivity contribution in [2.24, 2.45) is 0 Å². The van der Waals surface area contributed by atoms with E-state index >= 15 is 0 Å². The molecule has 1 N–H and O–H groups in total. The summed E-state index contributed by atoms with van der Waals surface area (Å²) in [6, 6.07) is 3.42. The fraction of sp³-hybridized carbons (Fsp3) is 0.133. The van der Waals surface area contributed by atoms with Gasteiger partial charge in [0.1, 0.15) is 17.0 Å². The topological polar surface area (TPSA) is 76.2 Å². The fourth-order valence-electron chi connectivity index (χ4n) is 2.01. The molecule has 0 aliphatic carbocycles. The predicted octanol–water partition coefficient (Wildman–Crippen LogP) is 3.73. The Kier molecular flexibility index (Phi) is 3.53. The molecule has 106 valence electrons. The number of aryl methyl sites for hydroxylation is 1. The molecule has 0 saturated heterocycles. The van der Waals surface area contributed by atoms with Crippen LogP contribution in [0.25, 0.3) is 22.0 Å². The van der Waals surface area contributed by atoms with E-state index in [1.54, 1.807) is 6.20 Å². The summed E-state index contributed by atoms with van der Waals surface area (Å²) in [5.41, 5.74) is 2.94. The average Bonchev–Trinajstić information content (AvgIpc) is 3.16. The largest absolute Gasteiger partial charge is 0.478 e. The first-order chi connectivity index (χ1) is 10.2. The van der Waals surface area contributed by atoms with Gasteiger partial charge in [-0.15, -0.1) is 11.3 Å². The van der Waals surface area contributed by atoms with Crippen molar-refractivity contribution in [3.05, 3.63) is 47.3 Å². The molecule has 0 spiro atoms. The molecule has 0 bridgehead atoms. The first-order valence-corrected chi connectivity index (χ1v) is 7.28. The van der Waals surface area contributed by atoms with Crippen molar-refractivity contribution < 1.29 is 14.3 Å². The van der Waals surface area contributed by atoms with Crippen LogP contribution in [0, 0.1) is 0 Å². The summed E-state index contributed by atoms with van der Waals surface area (Å²) in [6.07, 6.45) is 5.68. The average molecular weight is 300 g/mol. The van der Waals surface area contributed by atoms with Gasteiger partial charge in [-0.1, -0.05) is 6.92 Å². The van der Waals surface area contributed by atoms with Crippen molar-refractivity contribution in [3.63, 3.8) is 0 Å². The minimum Gasteiger partial charge on any atom is -0.478 e. The van der Waals surface area contributed by atoms with Crippen LogP contribution in [0.15, 0.2) is 40.6 Å². The first kappa shape index (κ1) is 13.5. The normalized spacial score (nSPS) is 10.7. The van der Waals surface area contributed by atoms with E-state index in [9.17, 15) is 4.79 Å². The van der Waals surface area contributed by atoms with E-state index in [1.807, 2.05) is 17.6 Å². The molecule has 21 heavy (non-hydrogen) atoms. The van der Waals surface area contributed by atoms with E-state index in [-0.39, 0.29) is 5.56 Å². The number of carbonyl (C=O) groups is 1. The number of carboxylic acid groups (broad SMARTS) is 1. The van der Waals surface area contributed by atoms with Crippen molar-refractivity contribution in [2.45, 2.75) is 13.3 Å². The second-order valence-corrected chi connectivity index (χ2v) is 5.29. The van der Waals surface area contributed by atoms with Crippen LogP contribution in [0.1, 0.15) is 22.8 Å². The highest BCUT2D eigenvalue weighted by atomic mass is 32.1. The molecular formula is C15H12N2O3S. The molecule has 0 amide bonds. The van der Waals surface area contributed by atoms with Gasteiger partial charge >= 0.3 is 5.97 Å². The third-order valence-electron chi connectivity index (χ3n) is 3.12. The molecule has 0 aliphatic heterocycles. The van der Waals surface area contributed by atoms with Crippen molar-refractivity contribution in [2.75, 3.05) is 0 Å². The maximum Gasteiger partial charge on any atom is 0.338 e. The number of hydrogen-bond donors (Lipinski definition) is 1. The summed E-state index contributed by atoms with van der Waals surface area (Å²) in [6.45, 7) is 2.07. The Morgan fingerprint density at radius 3 is 3.05 bits per heavy atom. The molecule has 0 fully saturated rings. The lowest BCUT2D eigenvalue weighted by Crippen LogP contribution is -1.91. The molecule has 0 unspecified atom stereocenters. The SMILES string of the molecule is CCc1cnccc1-c1nc(-c2cc(C(=O)O)co2)cs1. The number of pyridine rings is 1. The van der Waals surface area contributed by atoms with Crippen LogP contribution in [0.2, 0.25) is 0 Å². The number of carboxylic acids is 1. The van der Waals surface area contributed by atoms with Crippen molar-refractivity contribution in [1.82, 2.24) is 9.97 Å². The van der Waals surface area contributed by atoms with Crippen LogP contribution in [-0.2, 0) is 6.42 Å². The Balaban J connectivity index is 1.97. The molecule has 0 aromatic carbocycles.